The average molecular weight is 386 g/mol. The van der Waals surface area contributed by atoms with Gasteiger partial charge in [0, 0.05) is 48.4 Å². The molecule has 0 spiro atoms. The first kappa shape index (κ1) is 19.1. The molecule has 1 fully saturated rings. The summed E-state index contributed by atoms with van der Waals surface area (Å²) in [5, 5.41) is 10.9. The van der Waals surface area contributed by atoms with Gasteiger partial charge in [0.15, 0.2) is 5.69 Å². The molecule has 1 aromatic heterocycles. The molecule has 2 aromatic rings. The summed E-state index contributed by atoms with van der Waals surface area (Å²) in [5.41, 5.74) is 3.27. The number of carbonyl (C=O) groups is 1. The maximum absolute atomic E-state index is 13.8. The third-order valence-electron chi connectivity index (χ3n) is 5.79. The lowest BCUT2D eigenvalue weighted by molar-refractivity contribution is -0.100. The minimum absolute atomic E-state index is 0.150. The fourth-order valence-electron chi connectivity index (χ4n) is 3.99. The molecule has 1 atom stereocenters. The number of aryl methyl sites for hydroxylation is 1. The summed E-state index contributed by atoms with van der Waals surface area (Å²) < 4.78 is 20.9. The first-order valence-corrected chi connectivity index (χ1v) is 9.83. The van der Waals surface area contributed by atoms with Crippen molar-refractivity contribution >= 4 is 5.91 Å². The maximum atomic E-state index is 13.8. The van der Waals surface area contributed by atoms with E-state index in [1.54, 1.807) is 18.2 Å². The Balaban J connectivity index is 1.43. The van der Waals surface area contributed by atoms with Gasteiger partial charge in [-0.15, -0.1) is 0 Å². The van der Waals surface area contributed by atoms with Gasteiger partial charge in [-0.2, -0.15) is 5.10 Å². The van der Waals surface area contributed by atoms with Gasteiger partial charge in [0.05, 0.1) is 13.2 Å². The molecule has 150 valence electrons. The van der Waals surface area contributed by atoms with Crippen molar-refractivity contribution in [2.75, 3.05) is 19.8 Å². The van der Waals surface area contributed by atoms with E-state index in [0.717, 1.165) is 50.3 Å². The molecule has 28 heavy (non-hydrogen) atoms. The monoisotopic (exact) mass is 386 g/mol. The zero-order valence-corrected chi connectivity index (χ0v) is 16.4. The van der Waals surface area contributed by atoms with Crippen LogP contribution in [0.15, 0.2) is 24.3 Å². The Hall–Kier alpha value is -2.25. The second-order valence-electron chi connectivity index (χ2n) is 8.30. The summed E-state index contributed by atoms with van der Waals surface area (Å²) in [6.45, 7) is 4.89. The number of ether oxygens (including phenoxy) is 1. The van der Waals surface area contributed by atoms with Gasteiger partial charge in [0.25, 0.3) is 5.91 Å². The van der Waals surface area contributed by atoms with Crippen LogP contribution in [0.25, 0.3) is 0 Å². The first-order chi connectivity index (χ1) is 13.5. The summed E-state index contributed by atoms with van der Waals surface area (Å²) in [7, 11) is 1.88. The van der Waals surface area contributed by atoms with Crippen LogP contribution in [0.2, 0.25) is 0 Å². The number of carbonyl (C=O) groups excluding carboxylic acids is 1. The molecule has 0 bridgehead atoms. The Morgan fingerprint density at radius 2 is 2.18 bits per heavy atom. The fraction of sp³-hybridized carbons (Fsp3) is 0.524. The molecular formula is C21H27FN4O2. The van der Waals surface area contributed by atoms with Crippen LogP contribution in [0.5, 0.6) is 0 Å². The van der Waals surface area contributed by atoms with Gasteiger partial charge in [-0.25, -0.2) is 4.39 Å². The molecule has 0 radical (unpaired) electrons. The molecule has 1 amide bonds. The lowest BCUT2D eigenvalue weighted by Gasteiger charge is -2.39. The number of halogens is 1. The fourth-order valence-corrected chi connectivity index (χ4v) is 3.99. The van der Waals surface area contributed by atoms with E-state index in [2.05, 4.69) is 22.7 Å². The van der Waals surface area contributed by atoms with E-state index in [9.17, 15) is 9.18 Å². The van der Waals surface area contributed by atoms with Gasteiger partial charge in [0.2, 0.25) is 0 Å². The molecule has 7 heteroatoms. The number of amides is 1. The highest BCUT2D eigenvalue weighted by molar-refractivity contribution is 5.94. The van der Waals surface area contributed by atoms with Crippen LogP contribution in [0.1, 0.15) is 40.7 Å². The van der Waals surface area contributed by atoms with Crippen LogP contribution in [-0.2, 0) is 31.2 Å². The number of rotatable bonds is 6. The minimum atomic E-state index is -0.316. The van der Waals surface area contributed by atoms with Gasteiger partial charge in [-0.05, 0) is 25.3 Å². The number of nitrogens with one attached hydrogen (secondary N) is 2. The molecule has 2 N–H and O–H groups in total. The molecule has 4 rings (SSSR count). The largest absolute Gasteiger partial charge is 0.380 e. The van der Waals surface area contributed by atoms with E-state index < -0.39 is 0 Å². The van der Waals surface area contributed by atoms with Crippen LogP contribution in [0.3, 0.4) is 0 Å². The third-order valence-corrected chi connectivity index (χ3v) is 5.79. The summed E-state index contributed by atoms with van der Waals surface area (Å²) >= 11 is 0. The predicted molar refractivity (Wildman–Crippen MR) is 104 cm³/mol. The highest BCUT2D eigenvalue weighted by Crippen LogP contribution is 2.28. The van der Waals surface area contributed by atoms with Crippen molar-refractivity contribution in [1.29, 1.82) is 0 Å². The van der Waals surface area contributed by atoms with Crippen molar-refractivity contribution in [3.8, 4) is 0 Å². The molecule has 0 saturated carbocycles. The Kier molecular flexibility index (Phi) is 5.21. The number of nitrogens with zero attached hydrogens (tertiary/aromatic N) is 2. The van der Waals surface area contributed by atoms with Gasteiger partial charge >= 0.3 is 0 Å². The predicted octanol–water partition coefficient (Wildman–Crippen LogP) is 1.97. The Morgan fingerprint density at radius 1 is 1.39 bits per heavy atom. The average Bonchev–Trinajstić information content (AvgIpc) is 3.00. The molecule has 1 aliphatic heterocycles. The molecular weight excluding hydrogens is 359 g/mol. The highest BCUT2D eigenvalue weighted by Gasteiger charge is 2.35. The minimum Gasteiger partial charge on any atom is -0.380 e. The SMILES string of the molecule is Cn1nc(C(=O)NCc2ccccc2F)c2c1CCC(NCC1(C)COC1)C2. The number of aromatic nitrogens is 2. The number of hydrogen-bond donors (Lipinski definition) is 2. The van der Waals surface area contributed by atoms with Crippen LogP contribution in [-0.4, -0.2) is 41.5 Å². The number of fused-ring (bicyclic) bond motifs is 1. The maximum Gasteiger partial charge on any atom is 0.272 e. The van der Waals surface area contributed by atoms with Crippen molar-refractivity contribution in [1.82, 2.24) is 20.4 Å². The van der Waals surface area contributed by atoms with E-state index >= 15 is 0 Å². The van der Waals surface area contributed by atoms with E-state index in [0.29, 0.717) is 17.3 Å². The Morgan fingerprint density at radius 3 is 2.89 bits per heavy atom. The molecule has 1 aliphatic carbocycles. The lowest BCUT2D eigenvalue weighted by Crippen LogP contribution is -2.50. The second kappa shape index (κ2) is 7.64. The van der Waals surface area contributed by atoms with Crippen LogP contribution in [0, 0.1) is 11.2 Å². The van der Waals surface area contributed by atoms with E-state index in [-0.39, 0.29) is 23.7 Å². The topological polar surface area (TPSA) is 68.2 Å². The van der Waals surface area contributed by atoms with E-state index in [1.165, 1.54) is 6.07 Å². The van der Waals surface area contributed by atoms with Gasteiger partial charge in [-0.3, -0.25) is 9.48 Å². The van der Waals surface area contributed by atoms with Crippen molar-refractivity contribution in [2.24, 2.45) is 12.5 Å². The second-order valence-corrected chi connectivity index (χ2v) is 8.30. The molecule has 1 saturated heterocycles. The zero-order valence-electron chi connectivity index (χ0n) is 16.4. The van der Waals surface area contributed by atoms with Crippen molar-refractivity contribution in [2.45, 2.75) is 38.8 Å². The molecule has 2 aliphatic rings. The Bertz CT molecular complexity index is 875. The number of hydrogen-bond acceptors (Lipinski definition) is 4. The highest BCUT2D eigenvalue weighted by atomic mass is 19.1. The summed E-state index contributed by atoms with van der Waals surface area (Å²) in [6.07, 6.45) is 2.70. The molecule has 6 nitrogen and oxygen atoms in total. The van der Waals surface area contributed by atoms with E-state index in [1.807, 2.05) is 11.7 Å². The normalized spacial score (nSPS) is 20.3. The third kappa shape index (κ3) is 3.82. The summed E-state index contributed by atoms with van der Waals surface area (Å²) in [4.78, 5) is 12.7. The van der Waals surface area contributed by atoms with Gasteiger partial charge < -0.3 is 15.4 Å². The lowest BCUT2D eigenvalue weighted by atomic mass is 9.86. The summed E-state index contributed by atoms with van der Waals surface area (Å²) in [6, 6.07) is 6.80. The standard InChI is InChI=1S/C21H27FN4O2/c1-21(12-28-13-21)11-24-15-7-8-18-16(9-15)19(25-26(18)2)20(27)23-10-14-5-3-4-6-17(14)22/h3-6,15,24H,7-13H2,1-2H3,(H,23,27). The smallest absolute Gasteiger partial charge is 0.272 e. The van der Waals surface area contributed by atoms with Crippen molar-refractivity contribution < 1.29 is 13.9 Å². The van der Waals surface area contributed by atoms with E-state index in [4.69, 9.17) is 4.74 Å². The van der Waals surface area contributed by atoms with Gasteiger partial charge in [-0.1, -0.05) is 25.1 Å². The van der Waals surface area contributed by atoms with Crippen molar-refractivity contribution in [3.63, 3.8) is 0 Å². The molecule has 1 aromatic carbocycles. The molecule has 2 heterocycles. The molecule has 1 unspecified atom stereocenters. The van der Waals surface area contributed by atoms with Gasteiger partial charge in [0.1, 0.15) is 5.82 Å². The quantitative estimate of drug-likeness (QED) is 0.797. The van der Waals surface area contributed by atoms with Crippen LogP contribution in [0.4, 0.5) is 4.39 Å². The summed E-state index contributed by atoms with van der Waals surface area (Å²) in [5.74, 6) is -0.566. The van der Waals surface area contributed by atoms with Crippen LogP contribution < -0.4 is 10.6 Å². The first-order valence-electron chi connectivity index (χ1n) is 9.83. The van der Waals surface area contributed by atoms with Crippen LogP contribution >= 0.6 is 0 Å². The van der Waals surface area contributed by atoms with Crippen molar-refractivity contribution in [3.05, 3.63) is 52.6 Å². The zero-order chi connectivity index (χ0) is 19.7. The Labute approximate surface area is 164 Å². The number of benzene rings is 1.